The van der Waals surface area contributed by atoms with Crippen molar-refractivity contribution in [1.82, 2.24) is 14.4 Å². The lowest BCUT2D eigenvalue weighted by Crippen LogP contribution is -2.12. The summed E-state index contributed by atoms with van der Waals surface area (Å²) >= 11 is 4.79. The predicted octanol–water partition coefficient (Wildman–Crippen LogP) is 0.836. The van der Waals surface area contributed by atoms with E-state index in [9.17, 15) is 4.79 Å². The second-order valence-corrected chi connectivity index (χ2v) is 4.71. The lowest BCUT2D eigenvalue weighted by Gasteiger charge is -2.05. The van der Waals surface area contributed by atoms with Crippen LogP contribution in [0.25, 0.3) is 5.78 Å². The number of aromatic nitrogens is 3. The molecule has 0 aliphatic carbocycles. The highest BCUT2D eigenvalue weighted by Gasteiger charge is 2.10. The standard InChI is InChI=1S/C8H9BrN4OS/c9-5-6(14)12-8-11-2-3-13(8)7(5)15-4-1-10/h2-3H,1,4,10H2,(H,11,12,14). The van der Waals surface area contributed by atoms with Gasteiger partial charge < -0.3 is 5.73 Å². The molecule has 0 radical (unpaired) electrons. The molecular formula is C8H9BrN4OS. The minimum absolute atomic E-state index is 0.173. The fraction of sp³-hybridized carbons (Fsp3) is 0.250. The van der Waals surface area contributed by atoms with Crippen molar-refractivity contribution in [3.8, 4) is 0 Å². The summed E-state index contributed by atoms with van der Waals surface area (Å²) in [6, 6.07) is 0. The Kier molecular flexibility index (Phi) is 3.13. The number of nitrogens with two attached hydrogens (primary N) is 1. The molecule has 80 valence electrons. The molecule has 2 heterocycles. The SMILES string of the molecule is NCCSc1c(Br)c(=O)[nH]c2nccn12. The molecule has 0 fully saturated rings. The van der Waals surface area contributed by atoms with Gasteiger partial charge in [0.25, 0.3) is 5.56 Å². The largest absolute Gasteiger partial charge is 0.330 e. The van der Waals surface area contributed by atoms with Gasteiger partial charge in [-0.1, -0.05) is 0 Å². The van der Waals surface area contributed by atoms with Crippen molar-refractivity contribution in [1.29, 1.82) is 0 Å². The van der Waals surface area contributed by atoms with Crippen molar-refractivity contribution in [3.63, 3.8) is 0 Å². The maximum Gasteiger partial charge on any atom is 0.267 e. The molecule has 0 aromatic carbocycles. The Morgan fingerprint density at radius 1 is 1.67 bits per heavy atom. The summed E-state index contributed by atoms with van der Waals surface area (Å²) in [5.74, 6) is 1.30. The average Bonchev–Trinajstić information content (AvgIpc) is 2.66. The summed E-state index contributed by atoms with van der Waals surface area (Å²) in [4.78, 5) is 18.2. The molecule has 0 aliphatic rings. The van der Waals surface area contributed by atoms with Crippen LogP contribution < -0.4 is 11.3 Å². The zero-order valence-electron chi connectivity index (χ0n) is 7.74. The van der Waals surface area contributed by atoms with Crippen LogP contribution in [0.3, 0.4) is 0 Å². The first kappa shape index (κ1) is 10.7. The number of aromatic amines is 1. The monoisotopic (exact) mass is 288 g/mol. The molecule has 0 spiro atoms. The first-order chi connectivity index (χ1) is 7.24. The van der Waals surface area contributed by atoms with Crippen molar-refractivity contribution in [2.75, 3.05) is 12.3 Å². The zero-order valence-corrected chi connectivity index (χ0v) is 10.1. The van der Waals surface area contributed by atoms with Crippen molar-refractivity contribution in [2.45, 2.75) is 5.03 Å². The minimum atomic E-state index is -0.173. The quantitative estimate of drug-likeness (QED) is 0.648. The van der Waals surface area contributed by atoms with Crippen LogP contribution in [-0.4, -0.2) is 26.7 Å². The lowest BCUT2D eigenvalue weighted by molar-refractivity contribution is 0.939. The molecule has 3 N–H and O–H groups in total. The summed E-state index contributed by atoms with van der Waals surface area (Å²) in [5, 5.41) is 0.830. The molecule has 2 aromatic heterocycles. The first-order valence-corrected chi connectivity index (χ1v) is 6.09. The Morgan fingerprint density at radius 2 is 2.47 bits per heavy atom. The number of fused-ring (bicyclic) bond motifs is 1. The van der Waals surface area contributed by atoms with Crippen LogP contribution in [0.4, 0.5) is 0 Å². The van der Waals surface area contributed by atoms with Gasteiger partial charge in [0, 0.05) is 24.7 Å². The number of thioether (sulfide) groups is 1. The molecular weight excluding hydrogens is 280 g/mol. The molecule has 5 nitrogen and oxygen atoms in total. The Morgan fingerprint density at radius 3 is 3.20 bits per heavy atom. The maximum atomic E-state index is 11.5. The molecule has 0 aliphatic heterocycles. The number of hydrogen-bond acceptors (Lipinski definition) is 4. The molecule has 15 heavy (non-hydrogen) atoms. The second kappa shape index (κ2) is 4.38. The number of halogens is 1. The molecule has 2 rings (SSSR count). The van der Waals surface area contributed by atoms with E-state index in [-0.39, 0.29) is 5.56 Å². The summed E-state index contributed by atoms with van der Waals surface area (Å²) in [6.07, 6.45) is 3.44. The number of rotatable bonds is 3. The average molecular weight is 289 g/mol. The maximum absolute atomic E-state index is 11.5. The van der Waals surface area contributed by atoms with E-state index in [0.717, 1.165) is 10.8 Å². The summed E-state index contributed by atoms with van der Waals surface area (Å²) in [7, 11) is 0. The van der Waals surface area contributed by atoms with Crippen molar-refractivity contribution in [3.05, 3.63) is 27.2 Å². The molecule has 0 atom stereocenters. The third-order valence-corrected chi connectivity index (χ3v) is 3.94. The van der Waals surface area contributed by atoms with E-state index in [2.05, 4.69) is 25.9 Å². The minimum Gasteiger partial charge on any atom is -0.330 e. The third kappa shape index (κ3) is 1.95. The highest BCUT2D eigenvalue weighted by Crippen LogP contribution is 2.24. The van der Waals surface area contributed by atoms with Crippen LogP contribution in [0.15, 0.2) is 26.7 Å². The highest BCUT2D eigenvalue weighted by molar-refractivity contribution is 9.10. The number of H-pyrrole nitrogens is 1. The van der Waals surface area contributed by atoms with Gasteiger partial charge in [-0.2, -0.15) is 0 Å². The van der Waals surface area contributed by atoms with E-state index >= 15 is 0 Å². The van der Waals surface area contributed by atoms with Gasteiger partial charge in [-0.15, -0.1) is 11.8 Å². The van der Waals surface area contributed by atoms with E-state index in [0.29, 0.717) is 16.8 Å². The van der Waals surface area contributed by atoms with Crippen molar-refractivity contribution >= 4 is 33.5 Å². The normalized spacial score (nSPS) is 11.1. The Balaban J connectivity index is 2.61. The summed E-state index contributed by atoms with van der Waals surface area (Å²) in [6.45, 7) is 0.570. The molecule has 2 aromatic rings. The van der Waals surface area contributed by atoms with Gasteiger partial charge in [0.2, 0.25) is 5.78 Å². The molecule has 0 saturated heterocycles. The van der Waals surface area contributed by atoms with E-state index < -0.39 is 0 Å². The third-order valence-electron chi connectivity index (χ3n) is 1.83. The number of hydrogen-bond donors (Lipinski definition) is 2. The van der Waals surface area contributed by atoms with Gasteiger partial charge in [0.1, 0.15) is 9.50 Å². The van der Waals surface area contributed by atoms with Crippen LogP contribution in [0.1, 0.15) is 0 Å². The fourth-order valence-electron chi connectivity index (χ4n) is 1.21. The Labute approximate surface area is 98.2 Å². The van der Waals surface area contributed by atoms with E-state index in [1.165, 1.54) is 11.8 Å². The van der Waals surface area contributed by atoms with Crippen molar-refractivity contribution in [2.24, 2.45) is 5.73 Å². The topological polar surface area (TPSA) is 76.2 Å². The molecule has 0 saturated carbocycles. The van der Waals surface area contributed by atoms with E-state index in [1.807, 2.05) is 4.40 Å². The Bertz CT molecular complexity index is 535. The van der Waals surface area contributed by atoms with Gasteiger partial charge in [0.15, 0.2) is 0 Å². The smallest absolute Gasteiger partial charge is 0.267 e. The first-order valence-electron chi connectivity index (χ1n) is 4.31. The lowest BCUT2D eigenvalue weighted by atomic mass is 10.6. The van der Waals surface area contributed by atoms with Crippen LogP contribution in [0.2, 0.25) is 0 Å². The zero-order chi connectivity index (χ0) is 10.8. The molecule has 0 unspecified atom stereocenters. The van der Waals surface area contributed by atoms with Gasteiger partial charge in [-0.25, -0.2) is 4.98 Å². The van der Waals surface area contributed by atoms with Crippen LogP contribution in [0.5, 0.6) is 0 Å². The van der Waals surface area contributed by atoms with Gasteiger partial charge >= 0.3 is 0 Å². The van der Waals surface area contributed by atoms with E-state index in [1.54, 1.807) is 12.4 Å². The van der Waals surface area contributed by atoms with Crippen LogP contribution >= 0.6 is 27.7 Å². The summed E-state index contributed by atoms with van der Waals surface area (Å²) < 4.78 is 2.35. The Hall–Kier alpha value is -0.790. The molecule has 0 amide bonds. The van der Waals surface area contributed by atoms with Gasteiger partial charge in [0.05, 0.1) is 0 Å². The van der Waals surface area contributed by atoms with Crippen LogP contribution in [-0.2, 0) is 0 Å². The number of nitrogens with zero attached hydrogens (tertiary/aromatic N) is 2. The van der Waals surface area contributed by atoms with E-state index in [4.69, 9.17) is 5.73 Å². The molecule has 0 bridgehead atoms. The number of nitrogens with one attached hydrogen (secondary N) is 1. The number of imidazole rings is 1. The van der Waals surface area contributed by atoms with Crippen molar-refractivity contribution < 1.29 is 0 Å². The molecule has 7 heteroatoms. The second-order valence-electron chi connectivity index (χ2n) is 2.83. The van der Waals surface area contributed by atoms with Crippen LogP contribution in [0, 0.1) is 0 Å². The van der Waals surface area contributed by atoms with Gasteiger partial charge in [-0.3, -0.25) is 14.2 Å². The summed E-state index contributed by atoms with van der Waals surface area (Å²) in [5.41, 5.74) is 5.26. The van der Waals surface area contributed by atoms with Gasteiger partial charge in [-0.05, 0) is 15.9 Å². The predicted molar refractivity (Wildman–Crippen MR) is 63.3 cm³/mol. The highest BCUT2D eigenvalue weighted by atomic mass is 79.9. The fourth-order valence-corrected chi connectivity index (χ4v) is 2.66.